The maximum Gasteiger partial charge on any atom is 0.340 e. The van der Waals surface area contributed by atoms with Crippen molar-refractivity contribution in [3.63, 3.8) is 0 Å². The molecule has 0 saturated heterocycles. The Morgan fingerprint density at radius 1 is 1.00 bits per heavy atom. The fourth-order valence-corrected chi connectivity index (χ4v) is 4.68. The zero-order chi connectivity index (χ0) is 24.0. The Kier molecular flexibility index (Phi) is 7.73. The summed E-state index contributed by atoms with van der Waals surface area (Å²) < 4.78 is 32.8. The molecule has 0 aromatic heterocycles. The Morgan fingerprint density at radius 2 is 1.67 bits per heavy atom. The topological polar surface area (TPSA) is 92.8 Å². The molecule has 0 atom stereocenters. The lowest BCUT2D eigenvalue weighted by atomic mass is 10.2. The van der Waals surface area contributed by atoms with E-state index in [1.165, 1.54) is 24.3 Å². The number of carbonyl (C=O) groups excluding carboxylic acids is 2. The van der Waals surface area contributed by atoms with Crippen LogP contribution in [0.1, 0.15) is 22.8 Å². The monoisotopic (exact) mass is 486 g/mol. The molecule has 3 aromatic carbocycles. The lowest BCUT2D eigenvalue weighted by molar-refractivity contribution is -0.114. The number of amides is 1. The molecule has 1 amide bonds. The SMILES string of the molecule is CCOC(=O)c1ccccc1NC(=O)CN(c1ccc(C)c(Cl)c1)S(=O)(=O)c1ccccc1. The van der Waals surface area contributed by atoms with Crippen LogP contribution >= 0.6 is 11.6 Å². The predicted octanol–water partition coefficient (Wildman–Crippen LogP) is 4.66. The van der Waals surface area contributed by atoms with Gasteiger partial charge in [-0.25, -0.2) is 13.2 Å². The van der Waals surface area contributed by atoms with Crippen molar-refractivity contribution < 1.29 is 22.7 Å². The van der Waals surface area contributed by atoms with Crippen LogP contribution < -0.4 is 9.62 Å². The summed E-state index contributed by atoms with van der Waals surface area (Å²) in [6.45, 7) is 3.12. The molecule has 0 aliphatic rings. The smallest absolute Gasteiger partial charge is 0.340 e. The predicted molar refractivity (Wildman–Crippen MR) is 128 cm³/mol. The van der Waals surface area contributed by atoms with Gasteiger partial charge in [0.1, 0.15) is 6.54 Å². The van der Waals surface area contributed by atoms with Crippen LogP contribution in [0.2, 0.25) is 5.02 Å². The molecule has 0 aliphatic heterocycles. The molecule has 1 N–H and O–H groups in total. The summed E-state index contributed by atoms with van der Waals surface area (Å²) in [6, 6.07) is 18.9. The molecule has 0 spiro atoms. The van der Waals surface area contributed by atoms with E-state index in [0.717, 1.165) is 9.87 Å². The molecule has 0 radical (unpaired) electrons. The summed E-state index contributed by atoms with van der Waals surface area (Å²) in [4.78, 5) is 25.2. The molecule has 0 saturated carbocycles. The summed E-state index contributed by atoms with van der Waals surface area (Å²) in [5.41, 5.74) is 1.40. The molecule has 0 fully saturated rings. The van der Waals surface area contributed by atoms with E-state index in [0.29, 0.717) is 5.02 Å². The molecule has 3 rings (SSSR count). The summed E-state index contributed by atoms with van der Waals surface area (Å²) in [7, 11) is -4.08. The second-order valence-electron chi connectivity index (χ2n) is 7.07. The average Bonchev–Trinajstić information content (AvgIpc) is 2.80. The minimum Gasteiger partial charge on any atom is -0.462 e. The number of halogens is 1. The molecular formula is C24H23ClN2O5S. The van der Waals surface area contributed by atoms with E-state index in [2.05, 4.69) is 5.32 Å². The molecule has 0 aliphatic carbocycles. The van der Waals surface area contributed by atoms with Crippen LogP contribution in [0.25, 0.3) is 0 Å². The van der Waals surface area contributed by atoms with Crippen molar-refractivity contribution in [2.24, 2.45) is 0 Å². The van der Waals surface area contributed by atoms with Crippen LogP contribution in [-0.2, 0) is 19.6 Å². The van der Waals surface area contributed by atoms with E-state index in [9.17, 15) is 18.0 Å². The molecule has 0 unspecified atom stereocenters. The number of ether oxygens (including phenoxy) is 1. The highest BCUT2D eigenvalue weighted by Crippen LogP contribution is 2.28. The first-order valence-corrected chi connectivity index (χ1v) is 12.0. The molecule has 33 heavy (non-hydrogen) atoms. The van der Waals surface area contributed by atoms with Crippen molar-refractivity contribution >= 4 is 44.9 Å². The van der Waals surface area contributed by atoms with Crippen molar-refractivity contribution in [2.45, 2.75) is 18.7 Å². The lowest BCUT2D eigenvalue weighted by Crippen LogP contribution is -2.38. The van der Waals surface area contributed by atoms with Gasteiger partial charge in [0.05, 0.1) is 28.4 Å². The normalized spacial score (nSPS) is 11.0. The zero-order valence-electron chi connectivity index (χ0n) is 18.1. The largest absolute Gasteiger partial charge is 0.462 e. The van der Waals surface area contributed by atoms with Gasteiger partial charge in [0.2, 0.25) is 5.91 Å². The van der Waals surface area contributed by atoms with Gasteiger partial charge in [-0.05, 0) is 55.8 Å². The number of sulfonamides is 1. The number of rotatable bonds is 8. The van der Waals surface area contributed by atoms with Gasteiger partial charge >= 0.3 is 5.97 Å². The second kappa shape index (κ2) is 10.5. The zero-order valence-corrected chi connectivity index (χ0v) is 19.7. The fraction of sp³-hybridized carbons (Fsp3) is 0.167. The molecule has 7 nitrogen and oxygen atoms in total. The van der Waals surface area contributed by atoms with Gasteiger partial charge in [0.25, 0.3) is 10.0 Å². The van der Waals surface area contributed by atoms with Crippen molar-refractivity contribution in [2.75, 3.05) is 22.8 Å². The highest BCUT2D eigenvalue weighted by molar-refractivity contribution is 7.92. The van der Waals surface area contributed by atoms with E-state index in [-0.39, 0.29) is 28.4 Å². The van der Waals surface area contributed by atoms with Gasteiger partial charge in [-0.2, -0.15) is 0 Å². The van der Waals surface area contributed by atoms with Gasteiger partial charge in [-0.1, -0.05) is 48.0 Å². The molecule has 172 valence electrons. The van der Waals surface area contributed by atoms with Crippen LogP contribution in [0.3, 0.4) is 0 Å². The third kappa shape index (κ3) is 5.71. The van der Waals surface area contributed by atoms with Crippen LogP contribution in [0, 0.1) is 6.92 Å². The van der Waals surface area contributed by atoms with Gasteiger partial charge in [-0.3, -0.25) is 9.10 Å². The number of anilines is 2. The second-order valence-corrected chi connectivity index (χ2v) is 9.34. The molecule has 9 heteroatoms. The lowest BCUT2D eigenvalue weighted by Gasteiger charge is -2.24. The molecular weight excluding hydrogens is 464 g/mol. The molecule has 0 bridgehead atoms. The van der Waals surface area contributed by atoms with Crippen molar-refractivity contribution in [1.82, 2.24) is 0 Å². The van der Waals surface area contributed by atoms with Crippen molar-refractivity contribution in [3.05, 3.63) is 88.9 Å². The third-order valence-electron chi connectivity index (χ3n) is 4.76. The summed E-state index contributed by atoms with van der Waals surface area (Å²) >= 11 is 6.23. The standard InChI is InChI=1S/C24H23ClN2O5S/c1-3-32-24(29)20-11-7-8-12-22(20)26-23(28)16-27(18-14-13-17(2)21(25)15-18)33(30,31)19-9-5-4-6-10-19/h4-15H,3,16H2,1-2H3,(H,26,28). The Hall–Kier alpha value is -3.36. The fourth-order valence-electron chi connectivity index (χ4n) is 3.07. The van der Waals surface area contributed by atoms with E-state index in [1.807, 2.05) is 0 Å². The number of hydrogen-bond donors (Lipinski definition) is 1. The van der Waals surface area contributed by atoms with Crippen LogP contribution in [0.4, 0.5) is 11.4 Å². The Labute approximate surface area is 198 Å². The summed E-state index contributed by atoms with van der Waals surface area (Å²) in [6.07, 6.45) is 0. The molecule has 3 aromatic rings. The number of carbonyl (C=O) groups is 2. The van der Waals surface area contributed by atoms with E-state index < -0.39 is 28.4 Å². The first-order chi connectivity index (χ1) is 15.7. The first kappa shape index (κ1) is 24.3. The Bertz CT molecular complexity index is 1260. The minimum absolute atomic E-state index is 0.0291. The van der Waals surface area contributed by atoms with Crippen molar-refractivity contribution in [3.8, 4) is 0 Å². The number of nitrogens with one attached hydrogen (secondary N) is 1. The Balaban J connectivity index is 1.95. The quantitative estimate of drug-likeness (QED) is 0.467. The van der Waals surface area contributed by atoms with E-state index in [1.54, 1.807) is 62.4 Å². The average molecular weight is 487 g/mol. The van der Waals surface area contributed by atoms with E-state index in [4.69, 9.17) is 16.3 Å². The first-order valence-electron chi connectivity index (χ1n) is 10.1. The minimum atomic E-state index is -4.08. The summed E-state index contributed by atoms with van der Waals surface area (Å²) in [5.74, 6) is -1.23. The van der Waals surface area contributed by atoms with Crippen molar-refractivity contribution in [1.29, 1.82) is 0 Å². The maximum atomic E-state index is 13.4. The number of nitrogens with zero attached hydrogens (tertiary/aromatic N) is 1. The van der Waals surface area contributed by atoms with Gasteiger partial charge < -0.3 is 10.1 Å². The van der Waals surface area contributed by atoms with Gasteiger partial charge in [-0.15, -0.1) is 0 Å². The third-order valence-corrected chi connectivity index (χ3v) is 6.95. The Morgan fingerprint density at radius 3 is 2.33 bits per heavy atom. The van der Waals surface area contributed by atoms with Crippen LogP contribution in [-0.4, -0.2) is 33.4 Å². The highest BCUT2D eigenvalue weighted by Gasteiger charge is 2.28. The van der Waals surface area contributed by atoms with E-state index >= 15 is 0 Å². The summed E-state index contributed by atoms with van der Waals surface area (Å²) in [5, 5.41) is 2.99. The number of esters is 1. The number of aryl methyl sites for hydroxylation is 1. The van der Waals surface area contributed by atoms with Gasteiger partial charge in [0.15, 0.2) is 0 Å². The maximum absolute atomic E-state index is 13.4. The van der Waals surface area contributed by atoms with Gasteiger partial charge in [0, 0.05) is 5.02 Å². The van der Waals surface area contributed by atoms with Crippen LogP contribution in [0.5, 0.6) is 0 Å². The number of para-hydroxylation sites is 1. The number of hydrogen-bond acceptors (Lipinski definition) is 5. The molecule has 0 heterocycles. The highest BCUT2D eigenvalue weighted by atomic mass is 35.5. The number of benzene rings is 3. The van der Waals surface area contributed by atoms with Crippen LogP contribution in [0.15, 0.2) is 77.7 Å².